The monoisotopic (exact) mass is 302 g/mol. The first-order valence-corrected chi connectivity index (χ1v) is 7.98. The molecule has 0 saturated carbocycles. The van der Waals surface area contributed by atoms with Crippen molar-refractivity contribution in [1.82, 2.24) is 0 Å². The molecule has 0 aromatic heterocycles. The number of aryl methyl sites for hydroxylation is 1. The number of hydrogen-bond acceptors (Lipinski definition) is 3. The predicted octanol–water partition coefficient (Wildman–Crippen LogP) is 3.36. The van der Waals surface area contributed by atoms with Gasteiger partial charge < -0.3 is 9.47 Å². The summed E-state index contributed by atoms with van der Waals surface area (Å²) < 4.78 is 23.4. The van der Waals surface area contributed by atoms with Crippen molar-refractivity contribution in [3.05, 3.63) is 58.7 Å². The molecule has 3 nitrogen and oxygen atoms in total. The molecule has 110 valence electrons. The Morgan fingerprint density at radius 2 is 1.76 bits per heavy atom. The fraction of sp³-hybridized carbons (Fsp3) is 0.294. The van der Waals surface area contributed by atoms with Gasteiger partial charge in [-0.2, -0.15) is 0 Å². The third kappa shape index (κ3) is 2.55. The third-order valence-corrected chi connectivity index (χ3v) is 5.37. The zero-order valence-electron chi connectivity index (χ0n) is 12.4. The molecule has 0 amide bonds. The number of benzene rings is 2. The zero-order chi connectivity index (χ0) is 15.0. The van der Waals surface area contributed by atoms with E-state index in [1.54, 1.807) is 14.2 Å². The van der Waals surface area contributed by atoms with Gasteiger partial charge in [0.25, 0.3) is 0 Å². The van der Waals surface area contributed by atoms with Gasteiger partial charge in [0.05, 0.1) is 10.8 Å². The van der Waals surface area contributed by atoms with E-state index in [2.05, 4.69) is 13.0 Å². The lowest BCUT2D eigenvalue weighted by molar-refractivity contribution is -0.106. The summed E-state index contributed by atoms with van der Waals surface area (Å²) >= 11 is 0. The van der Waals surface area contributed by atoms with Crippen LogP contribution in [-0.2, 0) is 26.7 Å². The summed E-state index contributed by atoms with van der Waals surface area (Å²) in [5.74, 6) is 0. The van der Waals surface area contributed by atoms with E-state index in [0.717, 1.165) is 32.9 Å². The summed E-state index contributed by atoms with van der Waals surface area (Å²) in [6, 6.07) is 12.1. The van der Waals surface area contributed by atoms with Crippen LogP contribution in [0.5, 0.6) is 0 Å². The minimum Gasteiger partial charge on any atom is -0.352 e. The van der Waals surface area contributed by atoms with Gasteiger partial charge in [-0.3, -0.25) is 0 Å². The molecule has 1 atom stereocenters. The van der Waals surface area contributed by atoms with E-state index >= 15 is 0 Å². The quantitative estimate of drug-likeness (QED) is 0.696. The van der Waals surface area contributed by atoms with Gasteiger partial charge in [0.1, 0.15) is 0 Å². The molecular weight excluding hydrogens is 284 g/mol. The summed E-state index contributed by atoms with van der Waals surface area (Å²) in [6.45, 7) is 2.06. The second kappa shape index (κ2) is 5.72. The van der Waals surface area contributed by atoms with Crippen LogP contribution in [0.4, 0.5) is 0 Å². The van der Waals surface area contributed by atoms with E-state index in [4.69, 9.17) is 9.47 Å². The molecule has 0 spiro atoms. The first-order valence-electron chi connectivity index (χ1n) is 6.83. The van der Waals surface area contributed by atoms with Crippen molar-refractivity contribution in [2.75, 3.05) is 14.2 Å². The molecule has 0 radical (unpaired) electrons. The van der Waals surface area contributed by atoms with E-state index in [9.17, 15) is 4.21 Å². The summed E-state index contributed by atoms with van der Waals surface area (Å²) in [4.78, 5) is 1.78. The first kappa shape index (κ1) is 14.4. The zero-order valence-corrected chi connectivity index (χ0v) is 13.2. The summed E-state index contributed by atoms with van der Waals surface area (Å²) in [5, 5.41) is 0. The Labute approximate surface area is 127 Å². The predicted molar refractivity (Wildman–Crippen MR) is 81.9 cm³/mol. The molecule has 0 saturated heterocycles. The van der Waals surface area contributed by atoms with Gasteiger partial charge in [-0.25, -0.2) is 4.21 Å². The topological polar surface area (TPSA) is 35.5 Å². The van der Waals surface area contributed by atoms with E-state index in [-0.39, 0.29) is 0 Å². The van der Waals surface area contributed by atoms with Crippen LogP contribution in [0.1, 0.15) is 28.5 Å². The van der Waals surface area contributed by atoms with Crippen molar-refractivity contribution >= 4 is 10.8 Å². The lowest BCUT2D eigenvalue weighted by Gasteiger charge is -2.22. The van der Waals surface area contributed by atoms with Gasteiger partial charge in [-0.15, -0.1) is 0 Å². The van der Waals surface area contributed by atoms with Gasteiger partial charge in [0.15, 0.2) is 6.29 Å². The van der Waals surface area contributed by atoms with E-state index in [1.807, 2.05) is 30.3 Å². The fourth-order valence-electron chi connectivity index (χ4n) is 2.76. The van der Waals surface area contributed by atoms with Crippen LogP contribution in [0.15, 0.2) is 46.2 Å². The molecular formula is C17H18O3S. The van der Waals surface area contributed by atoms with Gasteiger partial charge in [-0.05, 0) is 36.6 Å². The maximum absolute atomic E-state index is 12.8. The minimum atomic E-state index is -1.14. The van der Waals surface area contributed by atoms with E-state index in [0.29, 0.717) is 0 Å². The molecule has 21 heavy (non-hydrogen) atoms. The Bertz CT molecular complexity index is 705. The molecule has 1 unspecified atom stereocenters. The summed E-state index contributed by atoms with van der Waals surface area (Å²) in [7, 11) is 2.06. The average Bonchev–Trinajstić information content (AvgIpc) is 2.49. The molecule has 0 fully saturated rings. The molecule has 2 aromatic rings. The van der Waals surface area contributed by atoms with Crippen LogP contribution >= 0.6 is 0 Å². The van der Waals surface area contributed by atoms with Crippen molar-refractivity contribution < 1.29 is 13.7 Å². The second-order valence-corrected chi connectivity index (χ2v) is 6.64. The molecule has 1 aliphatic heterocycles. The van der Waals surface area contributed by atoms with Crippen LogP contribution in [0.3, 0.4) is 0 Å². The van der Waals surface area contributed by atoms with Crippen LogP contribution in [0, 0.1) is 6.92 Å². The first-order chi connectivity index (χ1) is 10.1. The highest BCUT2D eigenvalue weighted by Crippen LogP contribution is 2.34. The highest BCUT2D eigenvalue weighted by molar-refractivity contribution is 7.85. The maximum Gasteiger partial charge on any atom is 0.183 e. The standard InChI is InChI=1S/C17H18O3S/c1-11-4-7-15-14(8-11)9-12-5-6-13(17(19-2)20-3)10-16(12)21(15)18/h4-8,10,17H,9H2,1-3H3. The Balaban J connectivity index is 2.06. The molecule has 1 aliphatic rings. The van der Waals surface area contributed by atoms with E-state index in [1.165, 1.54) is 5.56 Å². The lowest BCUT2D eigenvalue weighted by Crippen LogP contribution is -2.12. The van der Waals surface area contributed by atoms with Crippen molar-refractivity contribution in [1.29, 1.82) is 0 Å². The largest absolute Gasteiger partial charge is 0.352 e. The molecule has 0 aliphatic carbocycles. The SMILES string of the molecule is COC(OC)c1ccc2c(c1)S(=O)c1ccc(C)cc1C2. The van der Waals surface area contributed by atoms with Crippen LogP contribution < -0.4 is 0 Å². The smallest absolute Gasteiger partial charge is 0.183 e. The lowest BCUT2D eigenvalue weighted by atomic mass is 10.0. The Morgan fingerprint density at radius 3 is 2.48 bits per heavy atom. The maximum atomic E-state index is 12.8. The highest BCUT2D eigenvalue weighted by atomic mass is 32.2. The minimum absolute atomic E-state index is 0.424. The Kier molecular flexibility index (Phi) is 3.93. The van der Waals surface area contributed by atoms with Crippen molar-refractivity contribution in [3.8, 4) is 0 Å². The van der Waals surface area contributed by atoms with Crippen LogP contribution in [0.2, 0.25) is 0 Å². The van der Waals surface area contributed by atoms with Gasteiger partial charge in [0, 0.05) is 29.6 Å². The van der Waals surface area contributed by atoms with Crippen molar-refractivity contribution in [2.24, 2.45) is 0 Å². The van der Waals surface area contributed by atoms with Gasteiger partial charge in [0.2, 0.25) is 0 Å². The normalized spacial score (nSPS) is 16.7. The second-order valence-electron chi connectivity index (χ2n) is 5.23. The third-order valence-electron chi connectivity index (χ3n) is 3.79. The fourth-order valence-corrected chi connectivity index (χ4v) is 4.17. The molecule has 0 bridgehead atoms. The molecule has 4 heteroatoms. The Hall–Kier alpha value is -1.49. The van der Waals surface area contributed by atoms with Crippen molar-refractivity contribution in [3.63, 3.8) is 0 Å². The Morgan fingerprint density at radius 1 is 1.00 bits per heavy atom. The number of fused-ring (bicyclic) bond motifs is 2. The summed E-state index contributed by atoms with van der Waals surface area (Å²) in [5.41, 5.74) is 4.36. The van der Waals surface area contributed by atoms with Gasteiger partial charge >= 0.3 is 0 Å². The van der Waals surface area contributed by atoms with Crippen molar-refractivity contribution in [2.45, 2.75) is 29.4 Å². The molecule has 1 heterocycles. The highest BCUT2D eigenvalue weighted by Gasteiger charge is 2.23. The molecule has 3 rings (SSSR count). The number of methoxy groups -OCH3 is 2. The molecule has 2 aromatic carbocycles. The van der Waals surface area contributed by atoms with Crippen LogP contribution in [-0.4, -0.2) is 18.4 Å². The molecule has 0 N–H and O–H groups in total. The van der Waals surface area contributed by atoms with Gasteiger partial charge in [-0.1, -0.05) is 29.8 Å². The van der Waals surface area contributed by atoms with Crippen LogP contribution in [0.25, 0.3) is 0 Å². The van der Waals surface area contributed by atoms with E-state index < -0.39 is 17.1 Å². The average molecular weight is 302 g/mol. The number of hydrogen-bond donors (Lipinski definition) is 0. The summed E-state index contributed by atoms with van der Waals surface area (Å²) in [6.07, 6.45) is 0.398. The number of ether oxygens (including phenoxy) is 2. The number of rotatable bonds is 3.